The Labute approximate surface area is 220 Å². The van der Waals surface area contributed by atoms with Gasteiger partial charge in [-0.05, 0) is 68.5 Å². The summed E-state index contributed by atoms with van der Waals surface area (Å²) >= 11 is 0. The van der Waals surface area contributed by atoms with E-state index in [1.807, 2.05) is 26.8 Å². The lowest BCUT2D eigenvalue weighted by Gasteiger charge is -2.34. The Morgan fingerprint density at radius 3 is 2.16 bits per heavy atom. The molecule has 37 heavy (non-hydrogen) atoms. The summed E-state index contributed by atoms with van der Waals surface area (Å²) in [5.74, 6) is -1.27. The molecule has 2 aromatic rings. The smallest absolute Gasteiger partial charge is 0.304 e. The molecule has 2 atom stereocenters. The highest BCUT2D eigenvalue weighted by Crippen LogP contribution is 2.26. The molecule has 0 heterocycles. The number of hydrogen-bond donors (Lipinski definition) is 1. The Kier molecular flexibility index (Phi) is 10.6. The number of carbonyl (C=O) groups excluding carboxylic acids is 2. The molecule has 2 amide bonds. The predicted octanol–water partition coefficient (Wildman–Crippen LogP) is 3.78. The number of carbonyl (C=O) groups is 2. The summed E-state index contributed by atoms with van der Waals surface area (Å²) in [6.07, 6.45) is 1.04. The van der Waals surface area contributed by atoms with Gasteiger partial charge in [0.15, 0.2) is 0 Å². The second kappa shape index (κ2) is 13.0. The fourth-order valence-corrected chi connectivity index (χ4v) is 4.95. The zero-order valence-electron chi connectivity index (χ0n) is 22.8. The molecule has 2 rings (SSSR count). The summed E-state index contributed by atoms with van der Waals surface area (Å²) in [4.78, 5) is 28.4. The minimum atomic E-state index is -4.04. The van der Waals surface area contributed by atoms with Crippen LogP contribution in [0.15, 0.2) is 42.5 Å². The van der Waals surface area contributed by atoms with Gasteiger partial charge in [-0.1, -0.05) is 38.1 Å². The van der Waals surface area contributed by atoms with Gasteiger partial charge in [-0.25, -0.2) is 8.70 Å². The molecule has 0 bridgehead atoms. The van der Waals surface area contributed by atoms with E-state index in [4.69, 9.17) is 0 Å². The van der Waals surface area contributed by atoms with Gasteiger partial charge in [0.1, 0.15) is 18.4 Å². The Morgan fingerprint density at radius 2 is 1.62 bits per heavy atom. The van der Waals surface area contributed by atoms with Crippen LogP contribution in [0, 0.1) is 19.7 Å². The Balaban J connectivity index is 2.55. The van der Waals surface area contributed by atoms with Gasteiger partial charge >= 0.3 is 10.2 Å². The third-order valence-corrected chi connectivity index (χ3v) is 8.11. The zero-order valence-corrected chi connectivity index (χ0v) is 23.6. The minimum Gasteiger partial charge on any atom is -0.352 e. The molecule has 0 radical (unpaired) electrons. The maximum Gasteiger partial charge on any atom is 0.304 e. The zero-order chi connectivity index (χ0) is 27.9. The molecule has 2 aromatic carbocycles. The molecule has 0 aliphatic carbocycles. The summed E-state index contributed by atoms with van der Waals surface area (Å²) in [6, 6.07) is 10.1. The minimum absolute atomic E-state index is 0.0220. The maximum absolute atomic E-state index is 13.9. The molecule has 0 unspecified atom stereocenters. The van der Waals surface area contributed by atoms with E-state index in [0.29, 0.717) is 23.2 Å². The molecule has 0 aromatic heterocycles. The number of aryl methyl sites for hydroxylation is 2. The van der Waals surface area contributed by atoms with E-state index in [1.165, 1.54) is 31.1 Å². The molecule has 10 heteroatoms. The number of nitrogens with one attached hydrogen (secondary N) is 1. The number of halogens is 1. The van der Waals surface area contributed by atoms with Crippen LogP contribution >= 0.6 is 0 Å². The molecule has 0 aliphatic heterocycles. The Hall–Kier alpha value is -2.98. The SMILES string of the molecule is CC[C@H](C(=O)N[C@@H](C)CC)N(Cc1ccc(F)cc1)C(=O)CN(c1cc(C)ccc1C)S(=O)(=O)N(C)C. The number of rotatable bonds is 12. The largest absolute Gasteiger partial charge is 0.352 e. The van der Waals surface area contributed by atoms with Gasteiger partial charge in [-0.15, -0.1) is 0 Å². The van der Waals surface area contributed by atoms with Crippen molar-refractivity contribution in [2.45, 2.75) is 66.1 Å². The lowest BCUT2D eigenvalue weighted by atomic mass is 10.1. The molecule has 8 nitrogen and oxygen atoms in total. The molecule has 0 spiro atoms. The van der Waals surface area contributed by atoms with E-state index in [-0.39, 0.29) is 18.5 Å². The molecule has 1 N–H and O–H groups in total. The first-order valence-corrected chi connectivity index (χ1v) is 13.8. The summed E-state index contributed by atoms with van der Waals surface area (Å²) < 4.78 is 42.4. The molecule has 0 aliphatic rings. The van der Waals surface area contributed by atoms with E-state index in [1.54, 1.807) is 38.1 Å². The van der Waals surface area contributed by atoms with Gasteiger partial charge in [0, 0.05) is 26.7 Å². The van der Waals surface area contributed by atoms with Crippen LogP contribution in [0.1, 0.15) is 50.3 Å². The quantitative estimate of drug-likeness (QED) is 0.449. The van der Waals surface area contributed by atoms with Crippen molar-refractivity contribution in [2.24, 2.45) is 0 Å². The summed E-state index contributed by atoms with van der Waals surface area (Å²) in [5, 5.41) is 2.93. The fraction of sp³-hybridized carbons (Fsp3) is 0.481. The average Bonchev–Trinajstić information content (AvgIpc) is 2.84. The normalized spacial score (nSPS) is 13.2. The number of nitrogens with zero attached hydrogens (tertiary/aromatic N) is 3. The fourth-order valence-electron chi connectivity index (χ4n) is 3.84. The lowest BCUT2D eigenvalue weighted by Crippen LogP contribution is -2.54. The van der Waals surface area contributed by atoms with Gasteiger partial charge in [-0.3, -0.25) is 9.59 Å². The Morgan fingerprint density at radius 1 is 1.00 bits per heavy atom. The topological polar surface area (TPSA) is 90.0 Å². The number of benzene rings is 2. The second-order valence-corrected chi connectivity index (χ2v) is 11.5. The van der Waals surface area contributed by atoms with Gasteiger partial charge in [0.25, 0.3) is 0 Å². The van der Waals surface area contributed by atoms with Crippen LogP contribution in [-0.2, 0) is 26.3 Å². The van der Waals surface area contributed by atoms with Gasteiger partial charge in [0.2, 0.25) is 11.8 Å². The lowest BCUT2D eigenvalue weighted by molar-refractivity contribution is -0.140. The predicted molar refractivity (Wildman–Crippen MR) is 145 cm³/mol. The molecule has 204 valence electrons. The summed E-state index contributed by atoms with van der Waals surface area (Å²) in [7, 11) is -1.23. The van der Waals surface area contributed by atoms with Crippen LogP contribution in [-0.4, -0.2) is 62.2 Å². The average molecular weight is 535 g/mol. The second-order valence-electron chi connectivity index (χ2n) is 9.48. The van der Waals surface area contributed by atoms with Crippen molar-refractivity contribution < 1.29 is 22.4 Å². The van der Waals surface area contributed by atoms with Crippen LogP contribution < -0.4 is 9.62 Å². The molecular weight excluding hydrogens is 495 g/mol. The summed E-state index contributed by atoms with van der Waals surface area (Å²) in [6.45, 7) is 8.77. The number of hydrogen-bond acceptors (Lipinski definition) is 4. The highest BCUT2D eigenvalue weighted by atomic mass is 32.2. The van der Waals surface area contributed by atoms with Crippen LogP contribution in [0.3, 0.4) is 0 Å². The van der Waals surface area contributed by atoms with E-state index in [2.05, 4.69) is 5.32 Å². The van der Waals surface area contributed by atoms with Crippen molar-refractivity contribution in [2.75, 3.05) is 24.9 Å². The van der Waals surface area contributed by atoms with Gasteiger partial charge in [0.05, 0.1) is 5.69 Å². The molecular formula is C27H39FN4O4S. The van der Waals surface area contributed by atoms with E-state index >= 15 is 0 Å². The summed E-state index contributed by atoms with van der Waals surface area (Å²) in [5.41, 5.74) is 2.55. The highest BCUT2D eigenvalue weighted by molar-refractivity contribution is 7.90. The van der Waals surface area contributed by atoms with Crippen molar-refractivity contribution >= 4 is 27.7 Å². The van der Waals surface area contributed by atoms with Gasteiger partial charge < -0.3 is 10.2 Å². The monoisotopic (exact) mass is 534 g/mol. The van der Waals surface area contributed by atoms with Crippen LogP contribution in [0.5, 0.6) is 0 Å². The van der Waals surface area contributed by atoms with Crippen molar-refractivity contribution in [3.05, 3.63) is 65.0 Å². The van der Waals surface area contributed by atoms with Crippen molar-refractivity contribution in [1.82, 2.24) is 14.5 Å². The first-order chi connectivity index (χ1) is 17.3. The Bertz CT molecular complexity index is 1190. The van der Waals surface area contributed by atoms with E-state index in [0.717, 1.165) is 20.6 Å². The first kappa shape index (κ1) is 30.2. The van der Waals surface area contributed by atoms with E-state index in [9.17, 15) is 22.4 Å². The third-order valence-electron chi connectivity index (χ3n) is 6.31. The highest BCUT2D eigenvalue weighted by Gasteiger charge is 2.34. The first-order valence-electron chi connectivity index (χ1n) is 12.4. The maximum atomic E-state index is 13.9. The van der Waals surface area contributed by atoms with E-state index < -0.39 is 34.5 Å². The van der Waals surface area contributed by atoms with Crippen molar-refractivity contribution in [3.63, 3.8) is 0 Å². The number of anilines is 1. The van der Waals surface area contributed by atoms with Gasteiger partial charge in [-0.2, -0.15) is 12.7 Å². The standard InChI is InChI=1S/C27H39FN4O4S/c1-8-21(5)29-27(34)24(9-2)31(17-22-12-14-23(28)15-13-22)26(33)18-32(37(35,36)30(6)7)25-16-19(3)10-11-20(25)4/h10-16,21,24H,8-9,17-18H2,1-7H3,(H,29,34)/t21-,24+/m0/s1. The van der Waals surface area contributed by atoms with Crippen LogP contribution in [0.2, 0.25) is 0 Å². The van der Waals surface area contributed by atoms with Crippen LogP contribution in [0.4, 0.5) is 10.1 Å². The van der Waals surface area contributed by atoms with Crippen molar-refractivity contribution in [3.8, 4) is 0 Å². The molecule has 0 saturated heterocycles. The molecule has 0 saturated carbocycles. The van der Waals surface area contributed by atoms with Crippen molar-refractivity contribution in [1.29, 1.82) is 0 Å². The molecule has 0 fully saturated rings. The van der Waals surface area contributed by atoms with Crippen LogP contribution in [0.25, 0.3) is 0 Å². The number of amides is 2. The third kappa shape index (κ3) is 7.75.